The number of hydrogen-bond acceptors (Lipinski definition) is 3. The summed E-state index contributed by atoms with van der Waals surface area (Å²) in [7, 11) is 0. The number of aliphatic imine (C=N–C) groups is 1. The van der Waals surface area contributed by atoms with Crippen LogP contribution in [0.1, 0.15) is 143 Å². The summed E-state index contributed by atoms with van der Waals surface area (Å²) in [5.74, 6) is 1.81. The van der Waals surface area contributed by atoms with Gasteiger partial charge in [-0.25, -0.2) is 0 Å². The molecule has 0 spiro atoms. The minimum atomic E-state index is -0.0696. The molecule has 9 rings (SSSR count). The Morgan fingerprint density at radius 2 is 1.48 bits per heavy atom. The largest absolute Gasteiger partial charge is 0.360 e. The lowest BCUT2D eigenvalue weighted by atomic mass is 9.78. The third-order valence-electron chi connectivity index (χ3n) is 13.3. The summed E-state index contributed by atoms with van der Waals surface area (Å²) in [6.07, 6.45) is 53.5. The molecule has 3 heteroatoms. The molecule has 2 aromatic rings. The lowest BCUT2D eigenvalue weighted by molar-refractivity contribution is 0.532. The summed E-state index contributed by atoms with van der Waals surface area (Å²) in [4.78, 5) is 11.4. The first-order chi connectivity index (χ1) is 27.7. The van der Waals surface area contributed by atoms with Gasteiger partial charge >= 0.3 is 0 Å². The lowest BCUT2D eigenvalue weighted by Gasteiger charge is -2.32. The Balaban J connectivity index is 1.01. The lowest BCUT2D eigenvalue weighted by Crippen LogP contribution is -2.33. The molecule has 0 bridgehead atoms. The number of aromatic nitrogens is 1. The Labute approximate surface area is 336 Å². The van der Waals surface area contributed by atoms with Crippen molar-refractivity contribution in [1.29, 1.82) is 0 Å². The predicted octanol–water partition coefficient (Wildman–Crippen LogP) is 13.6. The van der Waals surface area contributed by atoms with Crippen molar-refractivity contribution in [3.63, 3.8) is 0 Å². The van der Waals surface area contributed by atoms with E-state index in [4.69, 9.17) is 9.98 Å². The Morgan fingerprint density at radius 3 is 2.27 bits per heavy atom. The molecule has 0 saturated heterocycles. The van der Waals surface area contributed by atoms with Crippen LogP contribution in [-0.2, 0) is 0 Å². The molecule has 0 fully saturated rings. The summed E-state index contributed by atoms with van der Waals surface area (Å²) in [5, 5.41) is 4.03. The SMILES string of the molecule is C1=CCCC(c2ccc(C3CC=CCC3)nc2C2C=CCC(/C3=N/C(C4=CC=C(C5C=CCCC5)CC4)N/C(c4ccc(C5=CCCC=C5)cc4)=C\CC3)C2)=C1. The van der Waals surface area contributed by atoms with Crippen LogP contribution in [0.25, 0.3) is 16.8 Å². The first-order valence-electron chi connectivity index (χ1n) is 22.0. The minimum Gasteiger partial charge on any atom is -0.360 e. The van der Waals surface area contributed by atoms with Crippen molar-refractivity contribution in [1.82, 2.24) is 10.3 Å². The molecular formula is C53H59N3. The maximum absolute atomic E-state index is 5.77. The summed E-state index contributed by atoms with van der Waals surface area (Å²) in [5.41, 5.74) is 14.8. The number of hydrogen-bond donors (Lipinski definition) is 1. The van der Waals surface area contributed by atoms with Crippen LogP contribution >= 0.6 is 0 Å². The molecule has 6 aliphatic carbocycles. The van der Waals surface area contributed by atoms with Crippen LogP contribution in [-0.4, -0.2) is 16.9 Å². The summed E-state index contributed by atoms with van der Waals surface area (Å²) in [6, 6.07) is 14.0. The average molecular weight is 738 g/mol. The molecule has 1 aliphatic heterocycles. The molecule has 286 valence electrons. The topological polar surface area (TPSA) is 37.3 Å². The van der Waals surface area contributed by atoms with Gasteiger partial charge < -0.3 is 5.32 Å². The first kappa shape index (κ1) is 36.9. The molecule has 1 N–H and O–H groups in total. The highest BCUT2D eigenvalue weighted by molar-refractivity contribution is 5.88. The normalized spacial score (nSPS) is 29.7. The fraction of sp³-hybridized carbons (Fsp3) is 0.396. The minimum absolute atomic E-state index is 0.0696. The summed E-state index contributed by atoms with van der Waals surface area (Å²) >= 11 is 0. The molecule has 0 saturated carbocycles. The average Bonchev–Trinajstić information content (AvgIpc) is 3.28. The fourth-order valence-corrected chi connectivity index (χ4v) is 10.0. The molecule has 0 radical (unpaired) electrons. The molecule has 7 aliphatic rings. The van der Waals surface area contributed by atoms with E-state index in [0.29, 0.717) is 17.8 Å². The predicted molar refractivity (Wildman–Crippen MR) is 237 cm³/mol. The molecule has 1 aromatic carbocycles. The van der Waals surface area contributed by atoms with Crippen molar-refractivity contribution < 1.29 is 0 Å². The van der Waals surface area contributed by atoms with Gasteiger partial charge in [-0.2, -0.15) is 0 Å². The second kappa shape index (κ2) is 17.6. The van der Waals surface area contributed by atoms with E-state index >= 15 is 0 Å². The quantitative estimate of drug-likeness (QED) is 0.274. The zero-order valence-electron chi connectivity index (χ0n) is 33.2. The van der Waals surface area contributed by atoms with Crippen LogP contribution in [0.15, 0.2) is 144 Å². The van der Waals surface area contributed by atoms with Gasteiger partial charge in [-0.05, 0) is 148 Å². The van der Waals surface area contributed by atoms with E-state index in [1.165, 1.54) is 81.9 Å². The molecule has 5 atom stereocenters. The second-order valence-corrected chi connectivity index (χ2v) is 17.0. The van der Waals surface area contributed by atoms with E-state index in [1.54, 1.807) is 5.57 Å². The van der Waals surface area contributed by atoms with Gasteiger partial charge in [0.25, 0.3) is 0 Å². The van der Waals surface area contributed by atoms with Gasteiger partial charge in [-0.1, -0.05) is 127 Å². The second-order valence-electron chi connectivity index (χ2n) is 17.0. The molecule has 2 heterocycles. The molecule has 56 heavy (non-hydrogen) atoms. The van der Waals surface area contributed by atoms with Crippen molar-refractivity contribution >= 4 is 22.6 Å². The number of pyridine rings is 1. The third-order valence-corrected chi connectivity index (χ3v) is 13.3. The monoisotopic (exact) mass is 737 g/mol. The van der Waals surface area contributed by atoms with Crippen LogP contribution in [0.2, 0.25) is 0 Å². The summed E-state index contributed by atoms with van der Waals surface area (Å²) in [6.45, 7) is 0. The number of nitrogens with zero attached hydrogens (tertiary/aromatic N) is 2. The Kier molecular flexibility index (Phi) is 11.6. The van der Waals surface area contributed by atoms with Crippen molar-refractivity contribution in [3.8, 4) is 0 Å². The zero-order valence-corrected chi connectivity index (χ0v) is 33.2. The highest BCUT2D eigenvalue weighted by Crippen LogP contribution is 2.40. The molecule has 3 nitrogen and oxygen atoms in total. The highest BCUT2D eigenvalue weighted by Gasteiger charge is 2.30. The third kappa shape index (κ3) is 8.48. The summed E-state index contributed by atoms with van der Waals surface area (Å²) < 4.78 is 0. The highest BCUT2D eigenvalue weighted by atomic mass is 15.1. The van der Waals surface area contributed by atoms with Gasteiger partial charge in [-0.15, -0.1) is 0 Å². The van der Waals surface area contributed by atoms with Crippen LogP contribution in [0.5, 0.6) is 0 Å². The maximum atomic E-state index is 5.77. The van der Waals surface area contributed by atoms with Crippen molar-refractivity contribution in [2.75, 3.05) is 0 Å². The zero-order chi connectivity index (χ0) is 37.5. The van der Waals surface area contributed by atoms with Crippen LogP contribution < -0.4 is 5.32 Å². The smallest absolute Gasteiger partial charge is 0.140 e. The van der Waals surface area contributed by atoms with Gasteiger partial charge in [0.2, 0.25) is 0 Å². The van der Waals surface area contributed by atoms with Gasteiger partial charge in [0.15, 0.2) is 0 Å². The van der Waals surface area contributed by atoms with Crippen molar-refractivity contribution in [2.24, 2.45) is 16.8 Å². The number of allylic oxidation sites excluding steroid dienone is 18. The molecule has 0 amide bonds. The number of benzene rings is 1. The Hall–Kier alpha value is -4.76. The van der Waals surface area contributed by atoms with E-state index < -0.39 is 0 Å². The van der Waals surface area contributed by atoms with Gasteiger partial charge in [0.05, 0.1) is 5.69 Å². The van der Waals surface area contributed by atoms with Crippen LogP contribution in [0.3, 0.4) is 0 Å². The first-order valence-corrected chi connectivity index (χ1v) is 22.0. The maximum Gasteiger partial charge on any atom is 0.140 e. The standard InChI is InChI=1S/C53H59N3/c1-5-15-38(16-6-1)40-27-31-44(32-28-40)49-25-14-26-50(56-53(55-49)45-33-29-41(30-34-45)39-17-7-2-8-18-39)46-23-13-24-47(37-46)52-48(42-19-9-3-10-20-42)35-36-51(54-52)43-21-11-4-12-22-43/h3-5,7,9,11,13,15-17,19,24-25,27-29,31-33,35-36,39,43,46-47,53,55H,1-2,6,8,10,12,14,18,20-23,26,30,34,37H2/b49-25-,56-50+. The van der Waals surface area contributed by atoms with Crippen LogP contribution in [0.4, 0.5) is 0 Å². The number of nitrogens with one attached hydrogen (secondary N) is 1. The van der Waals surface area contributed by atoms with E-state index in [0.717, 1.165) is 77.0 Å². The van der Waals surface area contributed by atoms with Gasteiger partial charge in [0, 0.05) is 34.9 Å². The number of rotatable bonds is 8. The van der Waals surface area contributed by atoms with E-state index in [1.807, 2.05) is 0 Å². The van der Waals surface area contributed by atoms with Crippen LogP contribution in [0, 0.1) is 11.8 Å². The van der Waals surface area contributed by atoms with Crippen molar-refractivity contribution in [3.05, 3.63) is 167 Å². The molecular weight excluding hydrogens is 679 g/mol. The van der Waals surface area contributed by atoms with E-state index in [-0.39, 0.29) is 12.1 Å². The molecule has 1 aromatic heterocycles. The Bertz CT molecular complexity index is 2100. The van der Waals surface area contributed by atoms with Gasteiger partial charge in [0.1, 0.15) is 6.17 Å². The van der Waals surface area contributed by atoms with Crippen molar-refractivity contribution in [2.45, 2.75) is 121 Å². The molecule has 5 unspecified atom stereocenters. The van der Waals surface area contributed by atoms with E-state index in [2.05, 4.69) is 133 Å². The fourth-order valence-electron chi connectivity index (χ4n) is 10.0. The van der Waals surface area contributed by atoms with Gasteiger partial charge in [-0.3, -0.25) is 9.98 Å². The Morgan fingerprint density at radius 1 is 0.607 bits per heavy atom. The van der Waals surface area contributed by atoms with E-state index in [9.17, 15) is 0 Å².